The molecule has 1 aromatic heterocycles. The summed E-state index contributed by atoms with van der Waals surface area (Å²) in [6.07, 6.45) is 1.60. The average Bonchev–Trinajstić information content (AvgIpc) is 3.11. The number of hydrogen-bond acceptors (Lipinski definition) is 5. The second-order valence-corrected chi connectivity index (χ2v) is 8.17. The molecule has 1 atom stereocenters. The monoisotopic (exact) mass is 414 g/mol. The SMILES string of the molecule is O=S(=O)(NC[C@@H](c1ccco1)N1CCOCC1)c1ccc(Br)cc1. The molecule has 1 fully saturated rings. The number of hydrogen-bond donors (Lipinski definition) is 1. The Labute approximate surface area is 150 Å². The Morgan fingerprint density at radius 2 is 1.88 bits per heavy atom. The zero-order chi connectivity index (χ0) is 17.0. The van der Waals surface area contributed by atoms with Crippen molar-refractivity contribution in [2.45, 2.75) is 10.9 Å². The Kier molecular flexibility index (Phi) is 5.72. The molecule has 0 spiro atoms. The van der Waals surface area contributed by atoms with Crippen LogP contribution in [0, 0.1) is 0 Å². The molecule has 0 amide bonds. The highest BCUT2D eigenvalue weighted by Gasteiger charge is 2.26. The highest BCUT2D eigenvalue weighted by atomic mass is 79.9. The molecule has 130 valence electrons. The number of nitrogens with zero attached hydrogens (tertiary/aromatic N) is 1. The number of ether oxygens (including phenoxy) is 1. The molecule has 0 aliphatic carbocycles. The van der Waals surface area contributed by atoms with Crippen LogP contribution in [0.25, 0.3) is 0 Å². The smallest absolute Gasteiger partial charge is 0.240 e. The van der Waals surface area contributed by atoms with Gasteiger partial charge in [0.2, 0.25) is 10.0 Å². The number of morpholine rings is 1. The first-order chi connectivity index (χ1) is 11.6. The number of benzene rings is 1. The van der Waals surface area contributed by atoms with Crippen molar-refractivity contribution in [2.24, 2.45) is 0 Å². The third-order valence-electron chi connectivity index (χ3n) is 3.95. The van der Waals surface area contributed by atoms with E-state index in [1.807, 2.05) is 12.1 Å². The van der Waals surface area contributed by atoms with Crippen molar-refractivity contribution in [1.82, 2.24) is 9.62 Å². The lowest BCUT2D eigenvalue weighted by atomic mass is 10.2. The molecule has 1 saturated heterocycles. The lowest BCUT2D eigenvalue weighted by Gasteiger charge is -2.33. The Balaban J connectivity index is 1.74. The molecule has 0 bridgehead atoms. The quantitative estimate of drug-likeness (QED) is 0.785. The van der Waals surface area contributed by atoms with Gasteiger partial charge in [0.25, 0.3) is 0 Å². The van der Waals surface area contributed by atoms with Crippen molar-refractivity contribution >= 4 is 26.0 Å². The van der Waals surface area contributed by atoms with E-state index in [1.54, 1.807) is 30.5 Å². The molecule has 0 saturated carbocycles. The van der Waals surface area contributed by atoms with E-state index in [9.17, 15) is 8.42 Å². The van der Waals surface area contributed by atoms with Crippen LogP contribution < -0.4 is 4.72 Å². The number of halogens is 1. The number of rotatable bonds is 6. The Bertz CT molecular complexity index is 741. The van der Waals surface area contributed by atoms with E-state index in [0.29, 0.717) is 13.2 Å². The average molecular weight is 415 g/mol. The summed E-state index contributed by atoms with van der Waals surface area (Å²) >= 11 is 3.31. The van der Waals surface area contributed by atoms with E-state index in [-0.39, 0.29) is 17.5 Å². The van der Waals surface area contributed by atoms with Gasteiger partial charge in [-0.3, -0.25) is 4.90 Å². The van der Waals surface area contributed by atoms with Crippen LogP contribution in [0.3, 0.4) is 0 Å². The zero-order valence-corrected chi connectivity index (χ0v) is 15.4. The largest absolute Gasteiger partial charge is 0.468 e. The molecule has 2 heterocycles. The van der Waals surface area contributed by atoms with E-state index in [1.165, 1.54) is 0 Å². The molecule has 1 aliphatic rings. The maximum absolute atomic E-state index is 12.5. The molecular weight excluding hydrogens is 396 g/mol. The van der Waals surface area contributed by atoms with E-state index in [4.69, 9.17) is 9.15 Å². The summed E-state index contributed by atoms with van der Waals surface area (Å²) in [5.74, 6) is 0.746. The van der Waals surface area contributed by atoms with Crippen LogP contribution in [0.2, 0.25) is 0 Å². The summed E-state index contributed by atoms with van der Waals surface area (Å²) in [5.41, 5.74) is 0. The van der Waals surface area contributed by atoms with Crippen molar-refractivity contribution < 1.29 is 17.6 Å². The van der Waals surface area contributed by atoms with Gasteiger partial charge in [-0.1, -0.05) is 15.9 Å². The third-order valence-corrected chi connectivity index (χ3v) is 5.92. The number of sulfonamides is 1. The number of furan rings is 1. The number of nitrogens with one attached hydrogen (secondary N) is 1. The first kappa shape index (κ1) is 17.6. The van der Waals surface area contributed by atoms with Gasteiger partial charge in [-0.15, -0.1) is 0 Å². The first-order valence-electron chi connectivity index (χ1n) is 7.67. The normalized spacial score (nSPS) is 17.7. The van der Waals surface area contributed by atoms with Gasteiger partial charge >= 0.3 is 0 Å². The summed E-state index contributed by atoms with van der Waals surface area (Å²) in [6.45, 7) is 3.00. The molecule has 8 heteroatoms. The maximum Gasteiger partial charge on any atom is 0.240 e. The van der Waals surface area contributed by atoms with Gasteiger partial charge in [-0.2, -0.15) is 0 Å². The highest BCUT2D eigenvalue weighted by molar-refractivity contribution is 9.10. The molecule has 0 unspecified atom stereocenters. The first-order valence-corrected chi connectivity index (χ1v) is 9.94. The van der Waals surface area contributed by atoms with Crippen LogP contribution in [0.1, 0.15) is 11.8 Å². The highest BCUT2D eigenvalue weighted by Crippen LogP contribution is 2.23. The zero-order valence-electron chi connectivity index (χ0n) is 13.0. The van der Waals surface area contributed by atoms with Gasteiger partial charge in [-0.25, -0.2) is 13.1 Å². The fourth-order valence-corrected chi connectivity index (χ4v) is 3.97. The van der Waals surface area contributed by atoms with Crippen molar-refractivity contribution in [3.8, 4) is 0 Å². The van der Waals surface area contributed by atoms with Gasteiger partial charge in [0.1, 0.15) is 5.76 Å². The summed E-state index contributed by atoms with van der Waals surface area (Å²) in [5, 5.41) is 0. The molecule has 1 N–H and O–H groups in total. The van der Waals surface area contributed by atoms with E-state index in [2.05, 4.69) is 25.6 Å². The lowest BCUT2D eigenvalue weighted by Crippen LogP contribution is -2.43. The van der Waals surface area contributed by atoms with Crippen LogP contribution in [0.5, 0.6) is 0 Å². The van der Waals surface area contributed by atoms with Crippen molar-refractivity contribution in [2.75, 3.05) is 32.8 Å². The van der Waals surface area contributed by atoms with E-state index >= 15 is 0 Å². The summed E-state index contributed by atoms with van der Waals surface area (Å²) in [4.78, 5) is 2.41. The molecule has 2 aromatic rings. The fourth-order valence-electron chi connectivity index (χ4n) is 2.67. The molecular formula is C16H19BrN2O4S. The lowest BCUT2D eigenvalue weighted by molar-refractivity contribution is 0.0128. The minimum atomic E-state index is -3.57. The molecule has 6 nitrogen and oxygen atoms in total. The summed E-state index contributed by atoms with van der Waals surface area (Å²) < 4.78 is 39.4. The molecule has 1 aliphatic heterocycles. The fraction of sp³-hybridized carbons (Fsp3) is 0.375. The van der Waals surface area contributed by atoms with Gasteiger partial charge in [0, 0.05) is 24.1 Å². The Morgan fingerprint density at radius 3 is 2.50 bits per heavy atom. The topological polar surface area (TPSA) is 71.8 Å². The molecule has 0 radical (unpaired) electrons. The van der Waals surface area contributed by atoms with Crippen LogP contribution in [0.15, 0.2) is 56.4 Å². The van der Waals surface area contributed by atoms with Crippen LogP contribution in [-0.4, -0.2) is 46.2 Å². The minimum absolute atomic E-state index is 0.158. The van der Waals surface area contributed by atoms with Gasteiger partial charge in [-0.05, 0) is 36.4 Å². The van der Waals surface area contributed by atoms with Crippen LogP contribution >= 0.6 is 15.9 Å². The predicted octanol–water partition coefficient (Wildman–Crippen LogP) is 2.39. The van der Waals surface area contributed by atoms with Gasteiger partial charge in [0.15, 0.2) is 0 Å². The van der Waals surface area contributed by atoms with Gasteiger partial charge in [0.05, 0.1) is 30.4 Å². The minimum Gasteiger partial charge on any atom is -0.468 e. The molecule has 1 aromatic carbocycles. The molecule has 3 rings (SSSR count). The Hall–Kier alpha value is -1.19. The second-order valence-electron chi connectivity index (χ2n) is 5.49. The second kappa shape index (κ2) is 7.79. The Morgan fingerprint density at radius 1 is 1.17 bits per heavy atom. The maximum atomic E-state index is 12.5. The van der Waals surface area contributed by atoms with Crippen molar-refractivity contribution in [3.63, 3.8) is 0 Å². The predicted molar refractivity (Wildman–Crippen MR) is 93.2 cm³/mol. The van der Waals surface area contributed by atoms with Gasteiger partial charge < -0.3 is 9.15 Å². The van der Waals surface area contributed by atoms with Crippen LogP contribution in [-0.2, 0) is 14.8 Å². The van der Waals surface area contributed by atoms with Crippen molar-refractivity contribution in [1.29, 1.82) is 0 Å². The van der Waals surface area contributed by atoms with E-state index < -0.39 is 10.0 Å². The standard InChI is InChI=1S/C16H19BrN2O4S/c17-13-3-5-14(6-4-13)24(20,21)18-12-15(16-2-1-9-23-16)19-7-10-22-11-8-19/h1-6,9,15,18H,7-8,10-12H2/t15-/m0/s1. The van der Waals surface area contributed by atoms with E-state index in [0.717, 1.165) is 23.3 Å². The van der Waals surface area contributed by atoms with Crippen molar-refractivity contribution in [3.05, 3.63) is 52.9 Å². The van der Waals surface area contributed by atoms with Crippen LogP contribution in [0.4, 0.5) is 0 Å². The molecule has 24 heavy (non-hydrogen) atoms. The third kappa shape index (κ3) is 4.25. The summed E-state index contributed by atoms with van der Waals surface area (Å²) in [6, 6.07) is 10.1. The summed E-state index contributed by atoms with van der Waals surface area (Å²) in [7, 11) is -3.57.